The lowest BCUT2D eigenvalue weighted by Crippen LogP contribution is -2.49. The van der Waals surface area contributed by atoms with Crippen LogP contribution in [0.1, 0.15) is 48.9 Å². The number of carbonyl (C=O) groups is 2. The highest BCUT2D eigenvalue weighted by atomic mass is 16.2. The summed E-state index contributed by atoms with van der Waals surface area (Å²) in [4.78, 5) is 26.0. The average molecular weight is 407 g/mol. The third kappa shape index (κ3) is 4.89. The average Bonchev–Trinajstić information content (AvgIpc) is 3.52. The van der Waals surface area contributed by atoms with Gasteiger partial charge in [-0.3, -0.25) is 9.59 Å². The molecule has 0 spiro atoms. The van der Waals surface area contributed by atoms with E-state index in [1.807, 2.05) is 60.7 Å². The summed E-state index contributed by atoms with van der Waals surface area (Å²) in [6, 6.07) is 18.7. The van der Waals surface area contributed by atoms with Crippen LogP contribution in [0.3, 0.4) is 0 Å². The quantitative estimate of drug-likeness (QED) is 0.568. The molecule has 1 unspecified atom stereocenters. The van der Waals surface area contributed by atoms with E-state index in [1.165, 1.54) is 0 Å². The van der Waals surface area contributed by atoms with Crippen molar-refractivity contribution in [1.82, 2.24) is 21.3 Å². The van der Waals surface area contributed by atoms with E-state index in [-0.39, 0.29) is 36.0 Å². The van der Waals surface area contributed by atoms with Crippen molar-refractivity contribution in [2.24, 2.45) is 0 Å². The maximum Gasteiger partial charge on any atom is 0.237 e. The van der Waals surface area contributed by atoms with Gasteiger partial charge in [-0.05, 0) is 49.9 Å². The van der Waals surface area contributed by atoms with Crippen molar-refractivity contribution < 1.29 is 9.59 Å². The van der Waals surface area contributed by atoms with Crippen LogP contribution < -0.4 is 21.3 Å². The zero-order valence-corrected chi connectivity index (χ0v) is 17.1. The first-order chi connectivity index (χ1) is 14.7. The summed E-state index contributed by atoms with van der Waals surface area (Å²) in [6.45, 7) is 1.72. The third-order valence-electron chi connectivity index (χ3n) is 6.00. The van der Waals surface area contributed by atoms with Gasteiger partial charge >= 0.3 is 0 Å². The standard InChI is InChI=1S/C24H30N4O2/c29-23(19-13-7-15-25-19)27-21(17-9-3-1-4-10-17)22(18-11-5-2-6-12-18)28-24(30)20-14-8-16-26-20/h1-6,9-12,19-22,25-26H,7-8,13-16H2,(H,27,29)(H,28,30)/t19-,20?,21-,22-/m0/s1. The van der Waals surface area contributed by atoms with Crippen molar-refractivity contribution in [1.29, 1.82) is 0 Å². The van der Waals surface area contributed by atoms with E-state index in [0.29, 0.717) is 0 Å². The molecule has 0 saturated carbocycles. The highest BCUT2D eigenvalue weighted by Gasteiger charge is 2.33. The Balaban J connectivity index is 1.64. The molecule has 0 bridgehead atoms. The Bertz CT molecular complexity index is 759. The summed E-state index contributed by atoms with van der Waals surface area (Å²) >= 11 is 0. The van der Waals surface area contributed by atoms with Gasteiger partial charge in [0.1, 0.15) is 0 Å². The highest BCUT2D eigenvalue weighted by molar-refractivity contribution is 5.84. The minimum Gasteiger partial charge on any atom is -0.345 e. The summed E-state index contributed by atoms with van der Waals surface area (Å²) in [5, 5.41) is 13.0. The molecule has 6 nitrogen and oxygen atoms in total. The molecule has 2 aromatic carbocycles. The first kappa shape index (κ1) is 20.6. The summed E-state index contributed by atoms with van der Waals surface area (Å²) in [7, 11) is 0. The van der Waals surface area contributed by atoms with Crippen LogP contribution in [0.25, 0.3) is 0 Å². The van der Waals surface area contributed by atoms with Crippen molar-refractivity contribution in [2.45, 2.75) is 49.9 Å². The molecule has 2 saturated heterocycles. The molecule has 0 aliphatic carbocycles. The molecule has 0 radical (unpaired) electrons. The summed E-state index contributed by atoms with van der Waals surface area (Å²) in [5.41, 5.74) is 1.94. The van der Waals surface area contributed by atoms with Gasteiger partial charge in [-0.1, -0.05) is 60.7 Å². The Morgan fingerprint density at radius 3 is 1.43 bits per heavy atom. The van der Waals surface area contributed by atoms with Crippen LogP contribution in [0.2, 0.25) is 0 Å². The third-order valence-corrected chi connectivity index (χ3v) is 6.00. The SMILES string of the molecule is O=C(N[C@@H](c1ccccc1)[C@@H](NC(=O)[C@@H]1CCCN1)c1ccccc1)C1CCCN1. The molecular formula is C24H30N4O2. The van der Waals surface area contributed by atoms with Gasteiger partial charge in [0.25, 0.3) is 0 Å². The Morgan fingerprint density at radius 2 is 1.10 bits per heavy atom. The lowest BCUT2D eigenvalue weighted by Gasteiger charge is -2.31. The monoisotopic (exact) mass is 406 g/mol. The molecule has 2 aromatic rings. The van der Waals surface area contributed by atoms with Crippen molar-refractivity contribution in [3.63, 3.8) is 0 Å². The molecular weight excluding hydrogens is 376 g/mol. The Kier molecular flexibility index (Phi) is 6.77. The van der Waals surface area contributed by atoms with Crippen molar-refractivity contribution >= 4 is 11.8 Å². The molecule has 6 heteroatoms. The molecule has 2 amide bonds. The molecule has 2 aliphatic rings. The minimum absolute atomic E-state index is 0.0180. The van der Waals surface area contributed by atoms with E-state index in [9.17, 15) is 9.59 Å². The first-order valence-electron chi connectivity index (χ1n) is 10.9. The molecule has 2 heterocycles. The second-order valence-corrected chi connectivity index (χ2v) is 8.09. The van der Waals surface area contributed by atoms with Crippen molar-refractivity contribution in [3.05, 3.63) is 71.8 Å². The first-order valence-corrected chi connectivity index (χ1v) is 10.9. The van der Waals surface area contributed by atoms with Crippen LogP contribution in [-0.2, 0) is 9.59 Å². The Morgan fingerprint density at radius 1 is 0.700 bits per heavy atom. The van der Waals surface area contributed by atoms with Crippen LogP contribution >= 0.6 is 0 Å². The Hall–Kier alpha value is -2.70. The number of rotatable bonds is 7. The smallest absolute Gasteiger partial charge is 0.237 e. The molecule has 0 aromatic heterocycles. The van der Waals surface area contributed by atoms with Gasteiger partial charge in [0.15, 0.2) is 0 Å². The Labute approximate surface area is 177 Å². The normalized spacial score (nSPS) is 22.9. The number of carbonyl (C=O) groups excluding carboxylic acids is 2. The molecule has 158 valence electrons. The molecule has 4 N–H and O–H groups in total. The van der Waals surface area contributed by atoms with Crippen LogP contribution in [0, 0.1) is 0 Å². The number of amides is 2. The van der Waals surface area contributed by atoms with E-state index in [2.05, 4.69) is 21.3 Å². The van der Waals surface area contributed by atoms with Gasteiger partial charge in [-0.2, -0.15) is 0 Å². The lowest BCUT2D eigenvalue weighted by molar-refractivity contribution is -0.126. The van der Waals surface area contributed by atoms with Crippen molar-refractivity contribution in [3.8, 4) is 0 Å². The fourth-order valence-electron chi connectivity index (χ4n) is 4.36. The summed E-state index contributed by atoms with van der Waals surface area (Å²) in [5.74, 6) is -0.0361. The minimum atomic E-state index is -0.367. The fraction of sp³-hybridized carbons (Fsp3) is 0.417. The zero-order chi connectivity index (χ0) is 20.8. The van der Waals surface area contributed by atoms with Crippen LogP contribution in [0.4, 0.5) is 0 Å². The van der Waals surface area contributed by atoms with Gasteiger partial charge in [0.2, 0.25) is 11.8 Å². The molecule has 30 heavy (non-hydrogen) atoms. The predicted molar refractivity (Wildman–Crippen MR) is 117 cm³/mol. The van der Waals surface area contributed by atoms with Crippen molar-refractivity contribution in [2.75, 3.05) is 13.1 Å². The lowest BCUT2D eigenvalue weighted by atomic mass is 9.92. The summed E-state index contributed by atoms with van der Waals surface area (Å²) < 4.78 is 0. The number of hydrogen-bond acceptors (Lipinski definition) is 4. The largest absolute Gasteiger partial charge is 0.345 e. The maximum atomic E-state index is 13.0. The van der Waals surface area contributed by atoms with E-state index < -0.39 is 0 Å². The second-order valence-electron chi connectivity index (χ2n) is 8.09. The second kappa shape index (κ2) is 9.87. The number of benzene rings is 2. The van der Waals surface area contributed by atoms with Gasteiger partial charge in [-0.15, -0.1) is 0 Å². The van der Waals surface area contributed by atoms with Gasteiger partial charge in [0.05, 0.1) is 24.2 Å². The highest BCUT2D eigenvalue weighted by Crippen LogP contribution is 2.30. The molecule has 2 fully saturated rings. The molecule has 4 rings (SSSR count). The zero-order valence-electron chi connectivity index (χ0n) is 17.1. The predicted octanol–water partition coefficient (Wildman–Crippen LogP) is 2.21. The van der Waals surface area contributed by atoms with E-state index in [4.69, 9.17) is 0 Å². The van der Waals surface area contributed by atoms with Gasteiger partial charge in [0, 0.05) is 0 Å². The van der Waals surface area contributed by atoms with Gasteiger partial charge in [-0.25, -0.2) is 0 Å². The maximum absolute atomic E-state index is 13.0. The number of hydrogen-bond donors (Lipinski definition) is 4. The number of nitrogens with one attached hydrogen (secondary N) is 4. The van der Waals surface area contributed by atoms with E-state index in [0.717, 1.165) is 49.9 Å². The van der Waals surface area contributed by atoms with Crippen LogP contribution in [0.15, 0.2) is 60.7 Å². The van der Waals surface area contributed by atoms with E-state index in [1.54, 1.807) is 0 Å². The van der Waals surface area contributed by atoms with Gasteiger partial charge < -0.3 is 21.3 Å². The fourth-order valence-corrected chi connectivity index (χ4v) is 4.36. The van der Waals surface area contributed by atoms with Crippen LogP contribution in [-0.4, -0.2) is 37.0 Å². The van der Waals surface area contributed by atoms with Crippen LogP contribution in [0.5, 0.6) is 0 Å². The van der Waals surface area contributed by atoms with E-state index >= 15 is 0 Å². The molecule has 4 atom stereocenters. The molecule has 2 aliphatic heterocycles. The topological polar surface area (TPSA) is 82.3 Å². The summed E-state index contributed by atoms with van der Waals surface area (Å²) in [6.07, 6.45) is 3.67.